The van der Waals surface area contributed by atoms with Crippen molar-refractivity contribution in [2.45, 2.75) is 24.1 Å². The number of para-hydroxylation sites is 1. The Balaban J connectivity index is 2.29. The highest BCUT2D eigenvalue weighted by Gasteiger charge is 2.26. The molecule has 3 heteroatoms. The molecule has 70 valence electrons. The predicted molar refractivity (Wildman–Crippen MR) is 55.9 cm³/mol. The minimum atomic E-state index is 0.386. The average molecular weight is 195 g/mol. The van der Waals surface area contributed by atoms with Crippen molar-refractivity contribution in [2.24, 2.45) is 0 Å². The lowest BCUT2D eigenvalue weighted by molar-refractivity contribution is 0.118. The first-order chi connectivity index (χ1) is 6.33. The molecule has 0 radical (unpaired) electrons. The smallest absolute Gasteiger partial charge is 0.104 e. The molecule has 0 amide bonds. The Labute approximate surface area is 82.8 Å². The van der Waals surface area contributed by atoms with E-state index in [1.165, 1.54) is 10.6 Å². The van der Waals surface area contributed by atoms with Gasteiger partial charge in [0.25, 0.3) is 0 Å². The first-order valence-electron chi connectivity index (χ1n) is 4.50. The molecule has 1 unspecified atom stereocenters. The van der Waals surface area contributed by atoms with Crippen LogP contribution in [0.25, 0.3) is 0 Å². The summed E-state index contributed by atoms with van der Waals surface area (Å²) in [5, 5.41) is 2.37. The third-order valence-corrected chi connectivity index (χ3v) is 3.13. The molecule has 1 aliphatic rings. The first-order valence-corrected chi connectivity index (χ1v) is 5.38. The zero-order valence-electron chi connectivity index (χ0n) is 7.86. The number of anilines is 1. The number of nitrogens with zero attached hydrogens (tertiary/aromatic N) is 1. The van der Waals surface area contributed by atoms with Crippen molar-refractivity contribution in [1.82, 2.24) is 0 Å². The average Bonchev–Trinajstić information content (AvgIpc) is 2.44. The van der Waals surface area contributed by atoms with Crippen molar-refractivity contribution < 1.29 is 4.84 Å². The zero-order chi connectivity index (χ0) is 9.26. The molecule has 0 fully saturated rings. The Morgan fingerprint density at radius 1 is 1.46 bits per heavy atom. The van der Waals surface area contributed by atoms with E-state index < -0.39 is 0 Å². The Morgan fingerprint density at radius 3 is 3.00 bits per heavy atom. The van der Waals surface area contributed by atoms with Crippen LogP contribution in [-0.4, -0.2) is 12.0 Å². The lowest BCUT2D eigenvalue weighted by Crippen LogP contribution is -2.26. The fourth-order valence-electron chi connectivity index (χ4n) is 1.48. The molecule has 1 aliphatic heterocycles. The number of hydrogen-bond acceptors (Lipinski definition) is 3. The van der Waals surface area contributed by atoms with Crippen LogP contribution in [0.4, 0.5) is 5.69 Å². The van der Waals surface area contributed by atoms with Gasteiger partial charge in [-0.05, 0) is 26.0 Å². The van der Waals surface area contributed by atoms with Gasteiger partial charge in [-0.15, -0.1) is 0 Å². The Bertz CT molecular complexity index is 303. The summed E-state index contributed by atoms with van der Waals surface area (Å²) < 4.78 is 0. The van der Waals surface area contributed by atoms with E-state index in [2.05, 4.69) is 25.1 Å². The van der Waals surface area contributed by atoms with Gasteiger partial charge in [0.1, 0.15) is 5.37 Å². The molecule has 0 aliphatic carbocycles. The molecule has 0 aromatic heterocycles. The minimum absolute atomic E-state index is 0.386. The van der Waals surface area contributed by atoms with Gasteiger partial charge in [-0.25, -0.2) is 5.06 Å². The van der Waals surface area contributed by atoms with Crippen molar-refractivity contribution in [2.75, 3.05) is 11.7 Å². The molecule has 13 heavy (non-hydrogen) atoms. The standard InChI is InChI=1S/C10H13NOS/c1-3-12-11-8(2)13-10-7-5-4-6-9(10)11/h4-8H,3H2,1-2H3. The summed E-state index contributed by atoms with van der Waals surface area (Å²) in [6, 6.07) is 8.34. The maximum absolute atomic E-state index is 5.55. The van der Waals surface area contributed by atoms with Crippen LogP contribution < -0.4 is 5.06 Å². The summed E-state index contributed by atoms with van der Waals surface area (Å²) in [4.78, 5) is 6.86. The van der Waals surface area contributed by atoms with Crippen LogP contribution in [0.3, 0.4) is 0 Å². The Kier molecular flexibility index (Phi) is 2.47. The molecule has 1 atom stereocenters. The van der Waals surface area contributed by atoms with Gasteiger partial charge in [0.2, 0.25) is 0 Å². The molecular formula is C10H13NOS. The SMILES string of the molecule is CCON1c2ccccc2SC1C. The van der Waals surface area contributed by atoms with Gasteiger partial charge in [-0.1, -0.05) is 23.9 Å². The molecular weight excluding hydrogens is 182 g/mol. The van der Waals surface area contributed by atoms with Crippen LogP contribution in [0.2, 0.25) is 0 Å². The van der Waals surface area contributed by atoms with Crippen molar-refractivity contribution in [3.8, 4) is 0 Å². The maximum Gasteiger partial charge on any atom is 0.104 e. The second-order valence-electron chi connectivity index (χ2n) is 2.93. The van der Waals surface area contributed by atoms with Crippen LogP contribution in [0.5, 0.6) is 0 Å². The van der Waals surface area contributed by atoms with E-state index in [0.29, 0.717) is 5.37 Å². The van der Waals surface area contributed by atoms with E-state index in [9.17, 15) is 0 Å². The third kappa shape index (κ3) is 1.54. The van der Waals surface area contributed by atoms with Crippen LogP contribution in [0, 0.1) is 0 Å². The Morgan fingerprint density at radius 2 is 2.23 bits per heavy atom. The minimum Gasteiger partial charge on any atom is -0.273 e. The van der Waals surface area contributed by atoms with Crippen LogP contribution in [0.1, 0.15) is 13.8 Å². The zero-order valence-corrected chi connectivity index (χ0v) is 8.67. The van der Waals surface area contributed by atoms with Gasteiger partial charge in [-0.2, -0.15) is 0 Å². The predicted octanol–water partition coefficient (Wildman–Crippen LogP) is 2.90. The summed E-state index contributed by atoms with van der Waals surface area (Å²) in [6.07, 6.45) is 0. The number of benzene rings is 1. The Hall–Kier alpha value is -0.670. The number of thioether (sulfide) groups is 1. The van der Waals surface area contributed by atoms with E-state index in [-0.39, 0.29) is 0 Å². The van der Waals surface area contributed by atoms with Gasteiger partial charge in [0.05, 0.1) is 12.3 Å². The number of rotatable bonds is 2. The summed E-state index contributed by atoms with van der Waals surface area (Å²) in [7, 11) is 0. The summed E-state index contributed by atoms with van der Waals surface area (Å²) in [5.74, 6) is 0. The second-order valence-corrected chi connectivity index (χ2v) is 4.29. The summed E-state index contributed by atoms with van der Waals surface area (Å²) in [6.45, 7) is 4.89. The van der Waals surface area contributed by atoms with Crippen molar-refractivity contribution in [3.05, 3.63) is 24.3 Å². The molecule has 2 nitrogen and oxygen atoms in total. The quantitative estimate of drug-likeness (QED) is 0.720. The second kappa shape index (κ2) is 3.60. The van der Waals surface area contributed by atoms with Crippen molar-refractivity contribution in [1.29, 1.82) is 0 Å². The van der Waals surface area contributed by atoms with Crippen LogP contribution in [0.15, 0.2) is 29.2 Å². The topological polar surface area (TPSA) is 12.5 Å². The van der Waals surface area contributed by atoms with E-state index in [1.54, 1.807) is 0 Å². The van der Waals surface area contributed by atoms with Crippen molar-refractivity contribution >= 4 is 17.4 Å². The van der Waals surface area contributed by atoms with Gasteiger partial charge in [0, 0.05) is 4.90 Å². The van der Waals surface area contributed by atoms with Gasteiger partial charge < -0.3 is 0 Å². The molecule has 2 rings (SSSR count). The first kappa shape index (κ1) is 8.91. The van der Waals surface area contributed by atoms with Gasteiger partial charge in [-0.3, -0.25) is 4.84 Å². The largest absolute Gasteiger partial charge is 0.273 e. The van der Waals surface area contributed by atoms with Crippen molar-refractivity contribution in [3.63, 3.8) is 0 Å². The van der Waals surface area contributed by atoms with E-state index in [1.807, 2.05) is 29.8 Å². The molecule has 0 bridgehead atoms. The molecule has 1 aromatic rings. The normalized spacial score (nSPS) is 20.5. The van der Waals surface area contributed by atoms with Crippen LogP contribution in [-0.2, 0) is 4.84 Å². The number of hydrogen-bond donors (Lipinski definition) is 0. The fraction of sp³-hybridized carbons (Fsp3) is 0.400. The van der Waals surface area contributed by atoms with E-state index >= 15 is 0 Å². The van der Waals surface area contributed by atoms with E-state index in [0.717, 1.165) is 6.61 Å². The molecule has 1 aromatic carbocycles. The summed E-state index contributed by atoms with van der Waals surface area (Å²) >= 11 is 1.84. The fourth-order valence-corrected chi connectivity index (χ4v) is 2.55. The maximum atomic E-state index is 5.55. The molecule has 0 spiro atoms. The molecule has 0 N–H and O–H groups in total. The molecule has 0 saturated carbocycles. The highest BCUT2D eigenvalue weighted by molar-refractivity contribution is 8.00. The van der Waals surface area contributed by atoms with Crippen LogP contribution >= 0.6 is 11.8 Å². The lowest BCUT2D eigenvalue weighted by Gasteiger charge is -2.21. The van der Waals surface area contributed by atoms with E-state index in [4.69, 9.17) is 4.84 Å². The monoisotopic (exact) mass is 195 g/mol. The molecule has 1 heterocycles. The summed E-state index contributed by atoms with van der Waals surface area (Å²) in [5.41, 5.74) is 1.20. The number of hydroxylamine groups is 1. The number of fused-ring (bicyclic) bond motifs is 1. The highest BCUT2D eigenvalue weighted by Crippen LogP contribution is 2.42. The highest BCUT2D eigenvalue weighted by atomic mass is 32.2. The lowest BCUT2D eigenvalue weighted by atomic mass is 10.3. The van der Waals surface area contributed by atoms with Gasteiger partial charge >= 0.3 is 0 Å². The third-order valence-electron chi connectivity index (χ3n) is 2.00. The molecule has 0 saturated heterocycles. The van der Waals surface area contributed by atoms with Gasteiger partial charge in [0.15, 0.2) is 0 Å².